The van der Waals surface area contributed by atoms with Crippen molar-refractivity contribution in [3.63, 3.8) is 0 Å². The van der Waals surface area contributed by atoms with Crippen molar-refractivity contribution in [1.82, 2.24) is 0 Å². The van der Waals surface area contributed by atoms with Crippen molar-refractivity contribution in [3.05, 3.63) is 50.8 Å². The third-order valence-electron chi connectivity index (χ3n) is 6.30. The Balaban J connectivity index is 2.07. The first-order valence-corrected chi connectivity index (χ1v) is 12.7. The number of nitrogens with zero attached hydrogens (tertiary/aromatic N) is 1. The van der Waals surface area contributed by atoms with Crippen molar-refractivity contribution in [1.29, 1.82) is 0 Å². The SMILES string of the molecule is COC(=O)c1cc(Oc2ccc(I)cc2C(F)(F)F)c(F)cc1N(C(=O)C1CCC(C)CC1)C(C)C. The van der Waals surface area contributed by atoms with E-state index in [0.717, 1.165) is 44.2 Å². The summed E-state index contributed by atoms with van der Waals surface area (Å²) < 4.78 is 66.4. The van der Waals surface area contributed by atoms with E-state index in [0.29, 0.717) is 22.3 Å². The molecule has 0 aromatic heterocycles. The minimum atomic E-state index is -4.74. The van der Waals surface area contributed by atoms with Crippen LogP contribution >= 0.6 is 22.6 Å². The summed E-state index contributed by atoms with van der Waals surface area (Å²) in [6, 6.07) is 4.88. The molecule has 2 aromatic rings. The molecular weight excluding hydrogens is 593 g/mol. The molecule has 0 spiro atoms. The maximum absolute atomic E-state index is 15.3. The van der Waals surface area contributed by atoms with Crippen LogP contribution in [0.2, 0.25) is 0 Å². The highest BCUT2D eigenvalue weighted by Crippen LogP contribution is 2.41. The van der Waals surface area contributed by atoms with Gasteiger partial charge >= 0.3 is 12.1 Å². The van der Waals surface area contributed by atoms with E-state index in [9.17, 15) is 22.8 Å². The van der Waals surface area contributed by atoms with Gasteiger partial charge in [-0.2, -0.15) is 13.2 Å². The quantitative estimate of drug-likeness (QED) is 0.190. The summed E-state index contributed by atoms with van der Waals surface area (Å²) >= 11 is 1.73. The van der Waals surface area contributed by atoms with Crippen molar-refractivity contribution in [2.75, 3.05) is 12.0 Å². The molecule has 0 saturated heterocycles. The molecular formula is C26H28F4INO4. The van der Waals surface area contributed by atoms with Crippen LogP contribution in [0.5, 0.6) is 11.5 Å². The van der Waals surface area contributed by atoms with Crippen molar-refractivity contribution >= 4 is 40.2 Å². The van der Waals surface area contributed by atoms with Crippen molar-refractivity contribution in [2.24, 2.45) is 11.8 Å². The van der Waals surface area contributed by atoms with E-state index >= 15 is 4.39 Å². The zero-order valence-corrected chi connectivity index (χ0v) is 22.6. The lowest BCUT2D eigenvalue weighted by Crippen LogP contribution is -2.43. The predicted molar refractivity (Wildman–Crippen MR) is 136 cm³/mol. The fourth-order valence-corrected chi connectivity index (χ4v) is 4.87. The van der Waals surface area contributed by atoms with Crippen LogP contribution in [-0.4, -0.2) is 25.0 Å². The number of hydrogen-bond donors (Lipinski definition) is 0. The molecule has 0 unspecified atom stereocenters. The van der Waals surface area contributed by atoms with E-state index in [4.69, 9.17) is 9.47 Å². The number of rotatable bonds is 6. The Morgan fingerprint density at radius 3 is 2.25 bits per heavy atom. The second-order valence-electron chi connectivity index (χ2n) is 9.29. The predicted octanol–water partition coefficient (Wildman–Crippen LogP) is 7.60. The van der Waals surface area contributed by atoms with Crippen LogP contribution in [0.15, 0.2) is 30.3 Å². The average Bonchev–Trinajstić information content (AvgIpc) is 2.80. The van der Waals surface area contributed by atoms with Crippen LogP contribution in [0.25, 0.3) is 0 Å². The minimum Gasteiger partial charge on any atom is -0.465 e. The molecule has 2 aromatic carbocycles. The van der Waals surface area contributed by atoms with Gasteiger partial charge in [0.25, 0.3) is 0 Å². The van der Waals surface area contributed by atoms with Gasteiger partial charge in [0, 0.05) is 27.7 Å². The van der Waals surface area contributed by atoms with Gasteiger partial charge in [0.2, 0.25) is 5.91 Å². The Morgan fingerprint density at radius 1 is 1.06 bits per heavy atom. The summed E-state index contributed by atoms with van der Waals surface area (Å²) in [5, 5.41) is 0. The first kappa shape index (κ1) is 28.2. The van der Waals surface area contributed by atoms with Gasteiger partial charge < -0.3 is 14.4 Å². The van der Waals surface area contributed by atoms with Crippen molar-refractivity contribution in [2.45, 2.75) is 58.7 Å². The summed E-state index contributed by atoms with van der Waals surface area (Å²) in [5.41, 5.74) is -1.27. The topological polar surface area (TPSA) is 55.8 Å². The standard InChI is InChI=1S/C26H28F4INO4/c1-14(2)32(24(33)16-7-5-15(3)6-8-16)21-13-20(27)23(12-18(21)25(34)35-4)36-22-10-9-17(31)11-19(22)26(28,29)30/h9-16H,5-8H2,1-4H3. The zero-order valence-electron chi connectivity index (χ0n) is 20.4. The lowest BCUT2D eigenvalue weighted by molar-refractivity contribution is -0.138. The molecule has 0 heterocycles. The van der Waals surface area contributed by atoms with Crippen LogP contribution in [0.3, 0.4) is 0 Å². The molecule has 196 valence electrons. The van der Waals surface area contributed by atoms with E-state index in [1.807, 2.05) is 0 Å². The number of methoxy groups -OCH3 is 1. The van der Waals surface area contributed by atoms with Crippen LogP contribution in [0.4, 0.5) is 23.2 Å². The maximum atomic E-state index is 15.3. The van der Waals surface area contributed by atoms with E-state index in [1.54, 1.807) is 36.4 Å². The van der Waals surface area contributed by atoms with Crippen LogP contribution < -0.4 is 9.64 Å². The van der Waals surface area contributed by atoms with E-state index in [2.05, 4.69) is 6.92 Å². The Kier molecular flexibility index (Phi) is 8.89. The number of halogens is 5. The molecule has 1 aliphatic carbocycles. The van der Waals surface area contributed by atoms with Gasteiger partial charge in [0.1, 0.15) is 5.75 Å². The van der Waals surface area contributed by atoms with Crippen molar-refractivity contribution in [3.8, 4) is 11.5 Å². The summed E-state index contributed by atoms with van der Waals surface area (Å²) in [4.78, 5) is 27.5. The number of hydrogen-bond acceptors (Lipinski definition) is 4. The number of carbonyl (C=O) groups is 2. The van der Waals surface area contributed by atoms with E-state index in [1.165, 1.54) is 11.0 Å². The Bertz CT molecular complexity index is 1130. The molecule has 0 radical (unpaired) electrons. The highest BCUT2D eigenvalue weighted by molar-refractivity contribution is 14.1. The first-order chi connectivity index (χ1) is 16.8. The van der Waals surface area contributed by atoms with Gasteiger partial charge in [-0.05, 0) is 86.2 Å². The number of alkyl halides is 3. The molecule has 5 nitrogen and oxygen atoms in total. The largest absolute Gasteiger partial charge is 0.465 e. The Hall–Kier alpha value is -2.37. The molecule has 1 fully saturated rings. The van der Waals surface area contributed by atoms with Crippen LogP contribution in [0.1, 0.15) is 62.4 Å². The normalized spacial score (nSPS) is 18.2. The third kappa shape index (κ3) is 6.30. The van der Waals surface area contributed by atoms with Gasteiger partial charge in [-0.15, -0.1) is 0 Å². The fourth-order valence-electron chi connectivity index (χ4n) is 4.38. The Labute approximate surface area is 221 Å². The van der Waals surface area contributed by atoms with E-state index in [-0.39, 0.29) is 23.1 Å². The third-order valence-corrected chi connectivity index (χ3v) is 6.97. The lowest BCUT2D eigenvalue weighted by atomic mass is 9.82. The molecule has 0 N–H and O–H groups in total. The number of ether oxygens (including phenoxy) is 2. The number of esters is 1. The summed E-state index contributed by atoms with van der Waals surface area (Å²) in [6.45, 7) is 5.62. The Morgan fingerprint density at radius 2 is 1.69 bits per heavy atom. The van der Waals surface area contributed by atoms with Gasteiger partial charge in [0.05, 0.1) is 23.9 Å². The van der Waals surface area contributed by atoms with E-state index < -0.39 is 41.1 Å². The molecule has 0 aliphatic heterocycles. The smallest absolute Gasteiger partial charge is 0.420 e. The number of amides is 1. The molecule has 1 aliphatic rings. The molecule has 0 atom stereocenters. The monoisotopic (exact) mass is 621 g/mol. The maximum Gasteiger partial charge on any atom is 0.420 e. The number of carbonyl (C=O) groups excluding carboxylic acids is 2. The van der Waals surface area contributed by atoms with Gasteiger partial charge in [0.15, 0.2) is 11.6 Å². The first-order valence-electron chi connectivity index (χ1n) is 11.6. The second kappa shape index (κ2) is 11.4. The second-order valence-corrected chi connectivity index (χ2v) is 10.5. The molecule has 0 bridgehead atoms. The summed E-state index contributed by atoms with van der Waals surface area (Å²) in [5.74, 6) is -3.07. The lowest BCUT2D eigenvalue weighted by Gasteiger charge is -2.34. The minimum absolute atomic E-state index is 0.0102. The van der Waals surface area contributed by atoms with Crippen LogP contribution in [0, 0.1) is 21.2 Å². The van der Waals surface area contributed by atoms with Gasteiger partial charge in [-0.3, -0.25) is 4.79 Å². The summed E-state index contributed by atoms with van der Waals surface area (Å²) in [7, 11) is 1.13. The highest BCUT2D eigenvalue weighted by atomic mass is 127. The number of benzene rings is 2. The zero-order chi connectivity index (χ0) is 26.8. The van der Waals surface area contributed by atoms with Gasteiger partial charge in [-0.1, -0.05) is 6.92 Å². The van der Waals surface area contributed by atoms with Gasteiger partial charge in [-0.25, -0.2) is 9.18 Å². The molecule has 1 amide bonds. The summed E-state index contributed by atoms with van der Waals surface area (Å²) in [6.07, 6.45) is -1.58. The molecule has 1 saturated carbocycles. The fraction of sp³-hybridized carbons (Fsp3) is 0.462. The highest BCUT2D eigenvalue weighted by Gasteiger charge is 2.36. The van der Waals surface area contributed by atoms with Crippen molar-refractivity contribution < 1.29 is 36.6 Å². The molecule has 3 rings (SSSR count). The molecule has 10 heteroatoms. The average molecular weight is 621 g/mol. The number of anilines is 1. The van der Waals surface area contributed by atoms with Crippen LogP contribution in [-0.2, 0) is 15.7 Å². The molecule has 36 heavy (non-hydrogen) atoms.